The summed E-state index contributed by atoms with van der Waals surface area (Å²) in [7, 11) is 1.46. The van der Waals surface area contributed by atoms with Crippen molar-refractivity contribution in [2.75, 3.05) is 12.9 Å². The summed E-state index contributed by atoms with van der Waals surface area (Å²) in [6.07, 6.45) is 0. The molecule has 20 heavy (non-hydrogen) atoms. The van der Waals surface area contributed by atoms with Gasteiger partial charge in [-0.2, -0.15) is 0 Å². The maximum Gasteiger partial charge on any atom is 0.313 e. The summed E-state index contributed by atoms with van der Waals surface area (Å²) in [5.41, 5.74) is 0.899. The summed E-state index contributed by atoms with van der Waals surface area (Å²) in [5.74, 6) is -0.710. The average Bonchev–Trinajstić information content (AvgIpc) is 2.88. The molecule has 0 atom stereocenters. The quantitative estimate of drug-likeness (QED) is 0.822. The number of nitrogens with one attached hydrogen (secondary N) is 1. The molecular weight excluding hydrogens is 285 g/mol. The van der Waals surface area contributed by atoms with Gasteiger partial charge in [-0.25, -0.2) is 4.39 Å². The van der Waals surface area contributed by atoms with Crippen molar-refractivity contribution >= 4 is 17.7 Å². The van der Waals surface area contributed by atoms with Crippen molar-refractivity contribution in [2.24, 2.45) is 0 Å². The minimum atomic E-state index is -0.948. The third-order valence-electron chi connectivity index (χ3n) is 2.59. The van der Waals surface area contributed by atoms with E-state index in [1.165, 1.54) is 13.2 Å². The first-order valence-corrected chi connectivity index (χ1v) is 6.61. The molecule has 6 nitrogen and oxygen atoms in total. The van der Waals surface area contributed by atoms with Crippen molar-refractivity contribution in [1.82, 2.24) is 15.2 Å². The number of aromatic amines is 1. The molecular formula is C12H12FN3O3S. The van der Waals surface area contributed by atoms with Gasteiger partial charge in [-0.1, -0.05) is 11.8 Å². The molecule has 0 spiro atoms. The first-order valence-electron chi connectivity index (χ1n) is 5.63. The number of H-pyrrole nitrogens is 1. The predicted octanol–water partition coefficient (Wildman–Crippen LogP) is 2.10. The fourth-order valence-electron chi connectivity index (χ4n) is 1.57. The van der Waals surface area contributed by atoms with E-state index in [1.54, 1.807) is 13.0 Å². The lowest BCUT2D eigenvalue weighted by Gasteiger charge is -2.07. The Labute approximate surface area is 118 Å². The first kappa shape index (κ1) is 14.3. The normalized spacial score (nSPS) is 10.6. The van der Waals surface area contributed by atoms with Crippen molar-refractivity contribution in [3.05, 3.63) is 23.5 Å². The van der Waals surface area contributed by atoms with Crippen LogP contribution in [0.15, 0.2) is 17.3 Å². The molecule has 0 radical (unpaired) electrons. The van der Waals surface area contributed by atoms with Crippen LogP contribution < -0.4 is 4.74 Å². The number of rotatable bonds is 5. The molecule has 8 heteroatoms. The molecule has 0 aliphatic heterocycles. The van der Waals surface area contributed by atoms with Gasteiger partial charge in [-0.3, -0.25) is 4.79 Å². The van der Waals surface area contributed by atoms with Gasteiger partial charge in [0.15, 0.2) is 11.0 Å². The van der Waals surface area contributed by atoms with E-state index in [-0.39, 0.29) is 5.75 Å². The molecule has 0 fully saturated rings. The third-order valence-corrected chi connectivity index (χ3v) is 3.44. The Morgan fingerprint density at radius 3 is 2.90 bits per heavy atom. The van der Waals surface area contributed by atoms with Gasteiger partial charge in [0.1, 0.15) is 11.6 Å². The van der Waals surface area contributed by atoms with Gasteiger partial charge in [0, 0.05) is 11.1 Å². The highest BCUT2D eigenvalue weighted by Crippen LogP contribution is 2.28. The zero-order chi connectivity index (χ0) is 14.7. The van der Waals surface area contributed by atoms with E-state index in [0.29, 0.717) is 27.9 Å². The van der Waals surface area contributed by atoms with Gasteiger partial charge in [-0.15, -0.1) is 10.2 Å². The number of aliphatic carboxylic acids is 1. The molecule has 0 unspecified atom stereocenters. The van der Waals surface area contributed by atoms with Gasteiger partial charge in [0.05, 0.1) is 12.9 Å². The molecule has 2 rings (SSSR count). The molecule has 0 saturated heterocycles. The summed E-state index contributed by atoms with van der Waals surface area (Å²) in [6, 6.07) is 2.97. The number of thioether (sulfide) groups is 1. The second kappa shape index (κ2) is 5.91. The number of benzene rings is 1. The Balaban J connectivity index is 2.28. The third kappa shape index (κ3) is 3.08. The highest BCUT2D eigenvalue weighted by atomic mass is 32.2. The van der Waals surface area contributed by atoms with E-state index in [9.17, 15) is 9.18 Å². The van der Waals surface area contributed by atoms with E-state index in [2.05, 4.69) is 15.2 Å². The molecule has 2 aromatic rings. The van der Waals surface area contributed by atoms with Crippen LogP contribution in [0, 0.1) is 12.7 Å². The van der Waals surface area contributed by atoms with Crippen LogP contribution in [0.3, 0.4) is 0 Å². The number of carboxylic acid groups (broad SMARTS) is 1. The number of aromatic nitrogens is 3. The smallest absolute Gasteiger partial charge is 0.313 e. The predicted molar refractivity (Wildman–Crippen MR) is 71.4 cm³/mol. The largest absolute Gasteiger partial charge is 0.496 e. The second-order valence-corrected chi connectivity index (χ2v) is 4.91. The van der Waals surface area contributed by atoms with Gasteiger partial charge in [0.25, 0.3) is 0 Å². The number of hydrogen-bond donors (Lipinski definition) is 2. The highest BCUT2D eigenvalue weighted by molar-refractivity contribution is 7.99. The minimum absolute atomic E-state index is 0.125. The summed E-state index contributed by atoms with van der Waals surface area (Å²) >= 11 is 1.01. The molecule has 2 N–H and O–H groups in total. The molecule has 1 aromatic heterocycles. The van der Waals surface area contributed by atoms with Gasteiger partial charge in [0.2, 0.25) is 0 Å². The number of methoxy groups -OCH3 is 1. The molecule has 1 heterocycles. The van der Waals surface area contributed by atoms with Crippen LogP contribution in [0.5, 0.6) is 5.75 Å². The molecule has 106 valence electrons. The number of carboxylic acids is 1. The van der Waals surface area contributed by atoms with Crippen molar-refractivity contribution in [3.8, 4) is 17.1 Å². The summed E-state index contributed by atoms with van der Waals surface area (Å²) in [4.78, 5) is 13.3. The summed E-state index contributed by atoms with van der Waals surface area (Å²) < 4.78 is 18.8. The lowest BCUT2D eigenvalue weighted by molar-refractivity contribution is -0.133. The standard InChI is InChI=1S/C12H12FN3O3S/c1-6-8(13)3-7(4-9(6)19-2)11-14-12(16-15-11)20-5-10(17)18/h3-4H,5H2,1-2H3,(H,17,18)(H,14,15,16). The van der Waals surface area contributed by atoms with Crippen LogP contribution in [0.2, 0.25) is 0 Å². The van der Waals surface area contributed by atoms with Gasteiger partial charge in [-0.05, 0) is 19.1 Å². The molecule has 0 saturated carbocycles. The maximum atomic E-state index is 13.7. The summed E-state index contributed by atoms with van der Waals surface area (Å²) in [5, 5.41) is 16.6. The number of hydrogen-bond acceptors (Lipinski definition) is 5. The second-order valence-electron chi connectivity index (χ2n) is 3.95. The van der Waals surface area contributed by atoms with Crippen LogP contribution in [-0.2, 0) is 4.79 Å². The Kier molecular flexibility index (Phi) is 4.23. The maximum absolute atomic E-state index is 13.7. The summed E-state index contributed by atoms with van der Waals surface area (Å²) in [6.45, 7) is 1.62. The molecule has 0 bridgehead atoms. The van der Waals surface area contributed by atoms with Crippen LogP contribution >= 0.6 is 11.8 Å². The number of carbonyl (C=O) groups is 1. The van der Waals surface area contributed by atoms with E-state index in [4.69, 9.17) is 9.84 Å². The topological polar surface area (TPSA) is 88.1 Å². The lowest BCUT2D eigenvalue weighted by Crippen LogP contribution is -1.97. The molecule has 0 amide bonds. The van der Waals surface area contributed by atoms with Gasteiger partial charge < -0.3 is 14.8 Å². The zero-order valence-corrected chi connectivity index (χ0v) is 11.6. The van der Waals surface area contributed by atoms with E-state index >= 15 is 0 Å². The Bertz CT molecular complexity index is 645. The number of ether oxygens (including phenoxy) is 1. The zero-order valence-electron chi connectivity index (χ0n) is 10.8. The van der Waals surface area contributed by atoms with Crippen molar-refractivity contribution in [3.63, 3.8) is 0 Å². The minimum Gasteiger partial charge on any atom is -0.496 e. The van der Waals surface area contributed by atoms with E-state index < -0.39 is 11.8 Å². The van der Waals surface area contributed by atoms with Crippen LogP contribution in [0.4, 0.5) is 4.39 Å². The van der Waals surface area contributed by atoms with Crippen LogP contribution in [0.1, 0.15) is 5.56 Å². The lowest BCUT2D eigenvalue weighted by atomic mass is 10.1. The van der Waals surface area contributed by atoms with Crippen molar-refractivity contribution in [2.45, 2.75) is 12.1 Å². The van der Waals surface area contributed by atoms with Crippen molar-refractivity contribution in [1.29, 1.82) is 0 Å². The molecule has 0 aliphatic rings. The monoisotopic (exact) mass is 297 g/mol. The van der Waals surface area contributed by atoms with Crippen LogP contribution in [0.25, 0.3) is 11.4 Å². The Hall–Kier alpha value is -2.09. The highest BCUT2D eigenvalue weighted by Gasteiger charge is 2.12. The van der Waals surface area contributed by atoms with Crippen LogP contribution in [-0.4, -0.2) is 39.1 Å². The average molecular weight is 297 g/mol. The molecule has 1 aromatic carbocycles. The first-order chi connectivity index (χ1) is 9.51. The Morgan fingerprint density at radius 1 is 1.50 bits per heavy atom. The van der Waals surface area contributed by atoms with E-state index in [1.807, 2.05) is 0 Å². The molecule has 0 aliphatic carbocycles. The number of nitrogens with zero attached hydrogens (tertiary/aromatic N) is 2. The van der Waals surface area contributed by atoms with E-state index in [0.717, 1.165) is 11.8 Å². The SMILES string of the molecule is COc1cc(-c2nnc(SCC(=O)O)[nH]2)cc(F)c1C. The van der Waals surface area contributed by atoms with Gasteiger partial charge >= 0.3 is 5.97 Å². The fourth-order valence-corrected chi connectivity index (χ4v) is 2.10. The van der Waals surface area contributed by atoms with Crippen molar-refractivity contribution < 1.29 is 19.0 Å². The Morgan fingerprint density at radius 2 is 2.25 bits per heavy atom. The number of halogens is 1. The fraction of sp³-hybridized carbons (Fsp3) is 0.250.